The van der Waals surface area contributed by atoms with Crippen LogP contribution in [0, 0.1) is 0 Å². The third-order valence-electron chi connectivity index (χ3n) is 4.99. The molecule has 0 aliphatic rings. The van der Waals surface area contributed by atoms with Crippen LogP contribution >= 0.6 is 35.4 Å². The van der Waals surface area contributed by atoms with Crippen LogP contribution in [-0.2, 0) is 11.3 Å². The minimum absolute atomic E-state index is 0.0284. The highest BCUT2D eigenvalue weighted by molar-refractivity contribution is 7.80. The number of ether oxygens (including phenoxy) is 2. The zero-order valence-electron chi connectivity index (χ0n) is 20.1. The molecule has 3 aromatic rings. The smallest absolute Gasteiger partial charge is 0.338 e. The third-order valence-corrected chi connectivity index (χ3v) is 5.90. The van der Waals surface area contributed by atoms with Crippen molar-refractivity contribution in [3.8, 4) is 5.75 Å². The van der Waals surface area contributed by atoms with Crippen molar-refractivity contribution < 1.29 is 19.1 Å². The van der Waals surface area contributed by atoms with Gasteiger partial charge in [0.1, 0.15) is 5.75 Å². The van der Waals surface area contributed by atoms with Crippen molar-refractivity contribution in [3.05, 3.63) is 93.5 Å². The van der Waals surface area contributed by atoms with Crippen molar-refractivity contribution in [2.45, 2.75) is 33.4 Å². The van der Waals surface area contributed by atoms with Crippen molar-refractivity contribution in [2.24, 2.45) is 0 Å². The Morgan fingerprint density at radius 3 is 2.19 bits per heavy atom. The lowest BCUT2D eigenvalue weighted by Crippen LogP contribution is -2.42. The number of amides is 1. The number of halogens is 2. The molecule has 3 rings (SSSR count). The molecular weight excluding hydrogens is 519 g/mol. The first-order valence-electron chi connectivity index (χ1n) is 11.3. The predicted molar refractivity (Wildman–Crippen MR) is 147 cm³/mol. The summed E-state index contributed by atoms with van der Waals surface area (Å²) in [5.41, 5.74) is 2.24. The van der Waals surface area contributed by atoms with Crippen molar-refractivity contribution in [1.82, 2.24) is 5.32 Å². The molecule has 0 atom stereocenters. The molecule has 188 valence electrons. The van der Waals surface area contributed by atoms with Crippen LogP contribution < -0.4 is 15.0 Å². The van der Waals surface area contributed by atoms with E-state index in [9.17, 15) is 9.59 Å². The van der Waals surface area contributed by atoms with Gasteiger partial charge >= 0.3 is 5.97 Å². The maximum atomic E-state index is 12.9. The first kappa shape index (κ1) is 27.5. The van der Waals surface area contributed by atoms with Gasteiger partial charge < -0.3 is 14.4 Å². The summed E-state index contributed by atoms with van der Waals surface area (Å²) in [6, 6.07) is 18.7. The number of nitrogens with one attached hydrogen (secondary N) is 1. The maximum absolute atomic E-state index is 12.9. The van der Waals surface area contributed by atoms with E-state index in [1.165, 1.54) is 0 Å². The van der Waals surface area contributed by atoms with Gasteiger partial charge in [-0.15, -0.1) is 0 Å². The third kappa shape index (κ3) is 7.43. The molecule has 9 heteroatoms. The molecule has 0 aliphatic heterocycles. The zero-order chi connectivity index (χ0) is 26.2. The molecule has 1 N–H and O–H groups in total. The molecule has 0 unspecified atom stereocenters. The molecule has 3 aromatic carbocycles. The number of anilines is 1. The fraction of sp³-hybridized carbons (Fsp3) is 0.222. The molecule has 0 fully saturated rings. The van der Waals surface area contributed by atoms with Crippen LogP contribution in [0.3, 0.4) is 0 Å². The number of hydrogen-bond donors (Lipinski definition) is 1. The Morgan fingerprint density at radius 2 is 1.61 bits per heavy atom. The molecule has 0 aromatic heterocycles. The topological polar surface area (TPSA) is 67.9 Å². The molecule has 0 heterocycles. The number of nitrogens with zero attached hydrogens (tertiary/aromatic N) is 1. The SMILES string of the molecule is CCOC(=O)c1ccc(N(Cc2ccc(Cl)cc2Cl)C(=S)NC(=O)c2ccc(OC(C)C)cc2)cc1. The van der Waals surface area contributed by atoms with Crippen LogP contribution in [0.5, 0.6) is 5.75 Å². The van der Waals surface area contributed by atoms with Gasteiger partial charge in [0.2, 0.25) is 0 Å². The van der Waals surface area contributed by atoms with Gasteiger partial charge in [-0.1, -0.05) is 29.3 Å². The average Bonchev–Trinajstić information content (AvgIpc) is 2.84. The number of esters is 1. The Morgan fingerprint density at radius 1 is 0.972 bits per heavy atom. The van der Waals surface area contributed by atoms with Gasteiger partial charge in [0.05, 0.1) is 24.8 Å². The molecule has 0 radical (unpaired) electrons. The minimum atomic E-state index is -0.419. The number of thiocarbonyl (C=S) groups is 1. The Kier molecular flexibility index (Phi) is 9.70. The van der Waals surface area contributed by atoms with E-state index < -0.39 is 5.97 Å². The molecule has 0 bridgehead atoms. The number of carbonyl (C=O) groups excluding carboxylic acids is 2. The summed E-state index contributed by atoms with van der Waals surface area (Å²) < 4.78 is 10.7. The number of rotatable bonds is 8. The van der Waals surface area contributed by atoms with Crippen molar-refractivity contribution in [3.63, 3.8) is 0 Å². The fourth-order valence-corrected chi connectivity index (χ4v) is 4.02. The van der Waals surface area contributed by atoms with E-state index in [2.05, 4.69) is 5.32 Å². The average molecular weight is 545 g/mol. The second kappa shape index (κ2) is 12.7. The lowest BCUT2D eigenvalue weighted by molar-refractivity contribution is 0.0526. The second-order valence-electron chi connectivity index (χ2n) is 8.04. The Hall–Kier alpha value is -3.13. The summed E-state index contributed by atoms with van der Waals surface area (Å²) in [6.07, 6.45) is 0.0284. The van der Waals surface area contributed by atoms with Gasteiger partial charge in [-0.25, -0.2) is 4.79 Å². The van der Waals surface area contributed by atoms with Crippen LogP contribution in [0.4, 0.5) is 5.69 Å². The molecule has 0 aliphatic carbocycles. The van der Waals surface area contributed by atoms with E-state index >= 15 is 0 Å². The Balaban J connectivity index is 1.84. The lowest BCUT2D eigenvalue weighted by atomic mass is 10.1. The standard InChI is InChI=1S/C27H26Cl2N2O4S/c1-4-34-26(33)19-6-11-22(12-7-19)31(16-20-5-10-21(28)15-24(20)29)27(36)30-25(32)18-8-13-23(14-9-18)35-17(2)3/h5-15,17H,4,16H2,1-3H3,(H,30,32,36). The highest BCUT2D eigenvalue weighted by Crippen LogP contribution is 2.26. The van der Waals surface area contributed by atoms with E-state index in [1.54, 1.807) is 78.6 Å². The number of carbonyl (C=O) groups is 2. The summed E-state index contributed by atoms with van der Waals surface area (Å²) in [5, 5.41) is 3.92. The van der Waals surface area contributed by atoms with Gasteiger partial charge in [0, 0.05) is 21.3 Å². The van der Waals surface area contributed by atoms with Gasteiger partial charge in [-0.3, -0.25) is 10.1 Å². The molecule has 6 nitrogen and oxygen atoms in total. The highest BCUT2D eigenvalue weighted by atomic mass is 35.5. The lowest BCUT2D eigenvalue weighted by Gasteiger charge is -2.26. The summed E-state index contributed by atoms with van der Waals surface area (Å²) >= 11 is 18.1. The van der Waals surface area contributed by atoms with Crippen LogP contribution in [-0.4, -0.2) is 29.7 Å². The van der Waals surface area contributed by atoms with Gasteiger partial charge in [-0.2, -0.15) is 0 Å². The quantitative estimate of drug-likeness (QED) is 0.252. The van der Waals surface area contributed by atoms with Gasteiger partial charge in [0.25, 0.3) is 5.91 Å². The normalized spacial score (nSPS) is 10.6. The zero-order valence-corrected chi connectivity index (χ0v) is 22.4. The summed E-state index contributed by atoms with van der Waals surface area (Å²) in [4.78, 5) is 26.7. The first-order valence-corrected chi connectivity index (χ1v) is 12.4. The van der Waals surface area contributed by atoms with E-state index in [1.807, 2.05) is 13.8 Å². The summed E-state index contributed by atoms with van der Waals surface area (Å²) in [7, 11) is 0. The van der Waals surface area contributed by atoms with E-state index in [0.717, 1.165) is 5.56 Å². The van der Waals surface area contributed by atoms with E-state index in [0.29, 0.717) is 32.6 Å². The number of benzene rings is 3. The van der Waals surface area contributed by atoms with E-state index in [-0.39, 0.29) is 30.3 Å². The fourth-order valence-electron chi connectivity index (χ4n) is 3.29. The minimum Gasteiger partial charge on any atom is -0.491 e. The molecule has 36 heavy (non-hydrogen) atoms. The van der Waals surface area contributed by atoms with Crippen molar-refractivity contribution in [2.75, 3.05) is 11.5 Å². The Bertz CT molecular complexity index is 1230. The van der Waals surface area contributed by atoms with Crippen molar-refractivity contribution >= 4 is 58.1 Å². The number of hydrogen-bond acceptors (Lipinski definition) is 5. The molecule has 1 amide bonds. The molecule has 0 saturated carbocycles. The van der Waals surface area contributed by atoms with Crippen LogP contribution in [0.2, 0.25) is 10.0 Å². The van der Waals surface area contributed by atoms with Gasteiger partial charge in [0.15, 0.2) is 5.11 Å². The van der Waals surface area contributed by atoms with Crippen LogP contribution in [0.1, 0.15) is 47.1 Å². The molecular formula is C27H26Cl2N2O4S. The van der Waals surface area contributed by atoms with E-state index in [4.69, 9.17) is 44.9 Å². The largest absolute Gasteiger partial charge is 0.491 e. The molecule has 0 saturated heterocycles. The maximum Gasteiger partial charge on any atom is 0.338 e. The van der Waals surface area contributed by atoms with Crippen LogP contribution in [0.25, 0.3) is 0 Å². The van der Waals surface area contributed by atoms with Crippen molar-refractivity contribution in [1.29, 1.82) is 0 Å². The van der Waals surface area contributed by atoms with Crippen LogP contribution in [0.15, 0.2) is 66.7 Å². The summed E-state index contributed by atoms with van der Waals surface area (Å²) in [5.74, 6) is -0.117. The first-order chi connectivity index (χ1) is 17.2. The monoisotopic (exact) mass is 544 g/mol. The predicted octanol–water partition coefficient (Wildman–Crippen LogP) is 6.68. The second-order valence-corrected chi connectivity index (χ2v) is 9.27. The summed E-state index contributed by atoms with van der Waals surface area (Å²) in [6.45, 7) is 6.15. The Labute approximate surface area is 226 Å². The highest BCUT2D eigenvalue weighted by Gasteiger charge is 2.19. The van der Waals surface area contributed by atoms with Gasteiger partial charge in [-0.05, 0) is 99.2 Å². The molecule has 0 spiro atoms.